The van der Waals surface area contributed by atoms with E-state index in [2.05, 4.69) is 51.3 Å². The van der Waals surface area contributed by atoms with E-state index in [-0.39, 0.29) is 28.2 Å². The van der Waals surface area contributed by atoms with E-state index >= 15 is 0 Å². The second-order valence-corrected chi connectivity index (χ2v) is 13.1. The maximum absolute atomic E-state index is 14.3. The molecular formula is C32H34F4N2OS. The number of hydrogen-bond donors (Lipinski definition) is 0. The van der Waals surface area contributed by atoms with Gasteiger partial charge in [-0.3, -0.25) is 4.79 Å². The molecule has 0 bridgehead atoms. The van der Waals surface area contributed by atoms with Crippen molar-refractivity contribution >= 4 is 23.3 Å². The van der Waals surface area contributed by atoms with Crippen LogP contribution in [0.1, 0.15) is 86.6 Å². The van der Waals surface area contributed by atoms with Gasteiger partial charge in [0, 0.05) is 41.6 Å². The van der Waals surface area contributed by atoms with Crippen molar-refractivity contribution in [3.05, 3.63) is 80.9 Å². The predicted molar refractivity (Wildman–Crippen MR) is 152 cm³/mol. The number of piperidine rings is 1. The molecule has 0 saturated carbocycles. The van der Waals surface area contributed by atoms with Crippen molar-refractivity contribution in [1.29, 1.82) is 0 Å². The lowest BCUT2D eigenvalue weighted by Crippen LogP contribution is -2.36. The van der Waals surface area contributed by atoms with Crippen LogP contribution in [0.3, 0.4) is 0 Å². The molecule has 1 amide bonds. The molecule has 2 aliphatic rings. The molecule has 3 aromatic rings. The normalized spacial score (nSPS) is 19.1. The van der Waals surface area contributed by atoms with Crippen LogP contribution in [0, 0.1) is 5.82 Å². The number of amides is 1. The zero-order valence-corrected chi connectivity index (χ0v) is 24.1. The van der Waals surface area contributed by atoms with E-state index < -0.39 is 17.6 Å². The molecule has 1 aliphatic carbocycles. The predicted octanol–water partition coefficient (Wildman–Crippen LogP) is 8.74. The summed E-state index contributed by atoms with van der Waals surface area (Å²) in [5.41, 5.74) is 3.62. The number of halogens is 4. The van der Waals surface area contributed by atoms with Crippen molar-refractivity contribution in [2.45, 2.75) is 76.3 Å². The molecule has 1 aliphatic heterocycles. The number of alkyl halides is 3. The van der Waals surface area contributed by atoms with Crippen LogP contribution >= 0.6 is 11.3 Å². The molecule has 0 atom stereocenters. The van der Waals surface area contributed by atoms with Crippen LogP contribution in [0.2, 0.25) is 0 Å². The third-order valence-electron chi connectivity index (χ3n) is 8.57. The Labute approximate surface area is 236 Å². The summed E-state index contributed by atoms with van der Waals surface area (Å²) in [6.07, 6.45) is 1.30. The third kappa shape index (κ3) is 5.60. The SMILES string of the molecule is CC1(C)CCC(C)(C)c2cc(-c3csc(C4CCN(C(=O)/C=C/c5cccc(C(F)(F)F)c5F)CC4)n3)ccc21. The molecule has 0 N–H and O–H groups in total. The lowest BCUT2D eigenvalue weighted by molar-refractivity contribution is -0.140. The summed E-state index contributed by atoms with van der Waals surface area (Å²) in [5, 5.41) is 3.17. The van der Waals surface area contributed by atoms with Crippen molar-refractivity contribution in [2.24, 2.45) is 0 Å². The highest BCUT2D eigenvalue weighted by Gasteiger charge is 2.37. The van der Waals surface area contributed by atoms with Crippen molar-refractivity contribution < 1.29 is 22.4 Å². The second kappa shape index (κ2) is 10.4. The molecule has 0 spiro atoms. The maximum atomic E-state index is 14.3. The minimum absolute atomic E-state index is 0.125. The second-order valence-electron chi connectivity index (χ2n) is 12.2. The summed E-state index contributed by atoms with van der Waals surface area (Å²) in [6.45, 7) is 10.3. The van der Waals surface area contributed by atoms with Gasteiger partial charge in [0.2, 0.25) is 5.91 Å². The van der Waals surface area contributed by atoms with E-state index in [0.29, 0.717) is 19.2 Å². The molecule has 0 radical (unpaired) electrons. The fourth-order valence-corrected chi connectivity index (χ4v) is 6.87. The Bertz CT molecular complexity index is 1450. The highest BCUT2D eigenvalue weighted by atomic mass is 32.1. The zero-order chi connectivity index (χ0) is 28.9. The average Bonchev–Trinajstić information content (AvgIpc) is 3.40. The Morgan fingerprint density at radius 1 is 1.02 bits per heavy atom. The quantitative estimate of drug-likeness (QED) is 0.232. The molecule has 2 aromatic carbocycles. The molecule has 5 rings (SSSR count). The van der Waals surface area contributed by atoms with E-state index in [4.69, 9.17) is 4.98 Å². The molecule has 1 fully saturated rings. The Kier molecular flexibility index (Phi) is 7.44. The molecule has 212 valence electrons. The monoisotopic (exact) mass is 570 g/mol. The summed E-state index contributed by atoms with van der Waals surface area (Å²) >= 11 is 1.65. The Hall–Kier alpha value is -3.00. The summed E-state index contributed by atoms with van der Waals surface area (Å²) in [6, 6.07) is 9.82. The van der Waals surface area contributed by atoms with Crippen LogP contribution in [-0.2, 0) is 21.8 Å². The molecule has 1 aromatic heterocycles. The van der Waals surface area contributed by atoms with Crippen molar-refractivity contribution in [2.75, 3.05) is 13.1 Å². The summed E-state index contributed by atoms with van der Waals surface area (Å²) in [7, 11) is 0. The number of hydrogen-bond acceptors (Lipinski definition) is 3. The van der Waals surface area contributed by atoms with Gasteiger partial charge in [0.1, 0.15) is 5.82 Å². The summed E-state index contributed by atoms with van der Waals surface area (Å²) in [4.78, 5) is 19.3. The first-order valence-corrected chi connectivity index (χ1v) is 14.6. The highest BCUT2D eigenvalue weighted by molar-refractivity contribution is 7.10. The molecule has 0 unspecified atom stereocenters. The maximum Gasteiger partial charge on any atom is 0.419 e. The zero-order valence-electron chi connectivity index (χ0n) is 23.2. The van der Waals surface area contributed by atoms with Gasteiger partial charge in [0.25, 0.3) is 0 Å². The van der Waals surface area contributed by atoms with Crippen molar-refractivity contribution in [1.82, 2.24) is 9.88 Å². The Morgan fingerprint density at radius 2 is 1.70 bits per heavy atom. The van der Waals surface area contributed by atoms with Gasteiger partial charge >= 0.3 is 6.18 Å². The number of nitrogens with zero attached hydrogens (tertiary/aromatic N) is 2. The topological polar surface area (TPSA) is 33.2 Å². The number of thiazole rings is 1. The number of carbonyl (C=O) groups excluding carboxylic acids is 1. The van der Waals surface area contributed by atoms with Crippen molar-refractivity contribution in [3.8, 4) is 11.3 Å². The van der Waals surface area contributed by atoms with Gasteiger partial charge in [-0.25, -0.2) is 9.37 Å². The lowest BCUT2D eigenvalue weighted by atomic mass is 9.63. The van der Waals surface area contributed by atoms with E-state index in [1.807, 2.05) is 0 Å². The van der Waals surface area contributed by atoms with E-state index in [1.54, 1.807) is 16.2 Å². The van der Waals surface area contributed by atoms with Gasteiger partial charge in [-0.1, -0.05) is 52.0 Å². The number of benzene rings is 2. The van der Waals surface area contributed by atoms with Crippen molar-refractivity contribution in [3.63, 3.8) is 0 Å². The third-order valence-corrected chi connectivity index (χ3v) is 9.57. The minimum atomic E-state index is -4.79. The fourth-order valence-electron chi connectivity index (χ4n) is 5.87. The van der Waals surface area contributed by atoms with Crippen LogP contribution in [-0.4, -0.2) is 28.9 Å². The van der Waals surface area contributed by atoms with Crippen LogP contribution in [0.25, 0.3) is 17.3 Å². The highest BCUT2D eigenvalue weighted by Crippen LogP contribution is 2.47. The molecule has 3 nitrogen and oxygen atoms in total. The molecule has 40 heavy (non-hydrogen) atoms. The lowest BCUT2D eigenvalue weighted by Gasteiger charge is -2.42. The Balaban J connectivity index is 1.24. The largest absolute Gasteiger partial charge is 0.419 e. The molecule has 8 heteroatoms. The molecule has 2 heterocycles. The fraction of sp³-hybridized carbons (Fsp3) is 0.438. The van der Waals surface area contributed by atoms with Crippen LogP contribution in [0.5, 0.6) is 0 Å². The average molecular weight is 571 g/mol. The van der Waals surface area contributed by atoms with Gasteiger partial charge < -0.3 is 4.90 Å². The summed E-state index contributed by atoms with van der Waals surface area (Å²) in [5.74, 6) is -1.47. The number of aromatic nitrogens is 1. The number of fused-ring (bicyclic) bond motifs is 1. The van der Waals surface area contributed by atoms with Gasteiger partial charge in [0.15, 0.2) is 0 Å². The van der Waals surface area contributed by atoms with Gasteiger partial charge in [-0.05, 0) is 65.8 Å². The van der Waals surface area contributed by atoms with Gasteiger partial charge in [-0.15, -0.1) is 11.3 Å². The van der Waals surface area contributed by atoms with Gasteiger partial charge in [-0.2, -0.15) is 13.2 Å². The van der Waals surface area contributed by atoms with E-state index in [0.717, 1.165) is 53.7 Å². The van der Waals surface area contributed by atoms with Crippen LogP contribution < -0.4 is 0 Å². The molecule has 1 saturated heterocycles. The summed E-state index contributed by atoms with van der Waals surface area (Å²) < 4.78 is 53.2. The van der Waals surface area contributed by atoms with Gasteiger partial charge in [0.05, 0.1) is 16.3 Å². The number of likely N-dealkylation sites (tertiary alicyclic amines) is 1. The van der Waals surface area contributed by atoms with E-state index in [9.17, 15) is 22.4 Å². The Morgan fingerprint density at radius 3 is 2.38 bits per heavy atom. The van der Waals surface area contributed by atoms with Crippen LogP contribution in [0.4, 0.5) is 17.6 Å². The smallest absolute Gasteiger partial charge is 0.339 e. The first-order valence-electron chi connectivity index (χ1n) is 13.7. The standard InChI is InChI=1S/C32H34F4N2OS/c1-30(2)14-15-31(3,4)25-18-22(8-10-23(25)30)26-19-40-29(37-26)21-12-16-38(17-13-21)27(39)11-9-20-6-5-7-24(28(20)33)32(34,35)36/h5-11,18-19,21H,12-17H2,1-4H3/b11-9+. The minimum Gasteiger partial charge on any atom is -0.339 e. The first kappa shape index (κ1) is 28.5. The first-order chi connectivity index (χ1) is 18.8. The van der Waals surface area contributed by atoms with E-state index in [1.165, 1.54) is 23.6 Å². The number of carbonyl (C=O) groups is 1. The van der Waals surface area contributed by atoms with Crippen LogP contribution in [0.15, 0.2) is 47.9 Å². The number of rotatable bonds is 4. The molecular weight excluding hydrogens is 536 g/mol.